The van der Waals surface area contributed by atoms with E-state index in [4.69, 9.17) is 33.4 Å². The van der Waals surface area contributed by atoms with E-state index >= 15 is 0 Å². The van der Waals surface area contributed by atoms with Crippen LogP contribution in [0.25, 0.3) is 0 Å². The number of carbonyl (C=O) groups excluding carboxylic acids is 3. The highest BCUT2D eigenvalue weighted by Crippen LogP contribution is 2.40. The fraction of sp³-hybridized carbons (Fsp3) is 0.610. The van der Waals surface area contributed by atoms with E-state index in [9.17, 15) is 19.5 Å². The Hall–Kier alpha value is -4.00. The summed E-state index contributed by atoms with van der Waals surface area (Å²) in [5, 5.41) is 10.2. The van der Waals surface area contributed by atoms with Gasteiger partial charge in [-0.3, -0.25) is 4.79 Å². The summed E-state index contributed by atoms with van der Waals surface area (Å²) in [5.41, 5.74) is 4.28. The summed E-state index contributed by atoms with van der Waals surface area (Å²) in [5.74, 6) is -1.39. The smallest absolute Gasteiger partial charge is 0.334 e. The number of aromatic amines is 1. The minimum Gasteiger partial charge on any atom is -0.467 e. The van der Waals surface area contributed by atoms with E-state index in [2.05, 4.69) is 31.8 Å². The predicted molar refractivity (Wildman–Crippen MR) is 198 cm³/mol. The number of allylic oxidation sites excluding steroid dienone is 2. The number of fused-ring (bicyclic) bond motifs is 6. The Bertz CT molecular complexity index is 1680. The molecule has 0 saturated carbocycles. The number of ether oxygens (including phenoxy) is 6. The molecule has 2 fully saturated rings. The van der Waals surface area contributed by atoms with Crippen molar-refractivity contribution in [3.8, 4) is 0 Å². The molecule has 0 aromatic carbocycles. The Morgan fingerprint density at radius 3 is 2.60 bits per heavy atom. The molecule has 12 nitrogen and oxygen atoms in total. The normalized spacial score (nSPS) is 31.8. The van der Waals surface area contributed by atoms with E-state index < -0.39 is 54.3 Å². The van der Waals surface area contributed by atoms with Gasteiger partial charge in [0.2, 0.25) is 5.90 Å². The molecule has 2 saturated heterocycles. The molecule has 6 atom stereocenters. The lowest BCUT2D eigenvalue weighted by Crippen LogP contribution is -2.43. The third-order valence-corrected chi connectivity index (χ3v) is 10.3. The molecular formula is C41H56N2O10. The first-order valence-electron chi connectivity index (χ1n) is 18.7. The number of aromatic nitrogens is 1. The van der Waals surface area contributed by atoms with Gasteiger partial charge >= 0.3 is 17.9 Å². The van der Waals surface area contributed by atoms with E-state index in [0.717, 1.165) is 42.2 Å². The molecule has 0 amide bonds. The zero-order valence-electron chi connectivity index (χ0n) is 32.4. The summed E-state index contributed by atoms with van der Waals surface area (Å²) in [6.45, 7) is 14.1. The van der Waals surface area contributed by atoms with Gasteiger partial charge in [-0.1, -0.05) is 39.3 Å². The molecule has 4 aliphatic rings. The highest BCUT2D eigenvalue weighted by Gasteiger charge is 2.57. The number of aliphatic imine (C=N–C) groups is 1. The molecule has 4 bridgehead atoms. The highest BCUT2D eigenvalue weighted by molar-refractivity contribution is 5.97. The quantitative estimate of drug-likeness (QED) is 0.136. The van der Waals surface area contributed by atoms with E-state index in [1.807, 2.05) is 32.1 Å². The molecule has 12 heteroatoms. The standard InChI is InChI=1S/C41H56N2O10/c1-23(2)16-27-18-35(45)52-37-36(53-40(47)41(37,7)22-44)26(6)11-12-28-13-14-31(42-28)38-43-32(34(51-38)21-50-39(27)46)19-29-30(25(5)10-9-15-48-8)20-49-33(29)17-24(3)4/h11,13-14,18-19,23-24,32-34,36-37,42,44H,9-10,12,15-17,20-22H2,1-8H3/b26-11+,27-18+,29-19-,30-25+. The van der Waals surface area contributed by atoms with Crippen molar-refractivity contribution in [2.75, 3.05) is 33.5 Å². The number of carbonyl (C=O) groups is 3. The molecular weight excluding hydrogens is 680 g/mol. The average Bonchev–Trinajstić information content (AvgIpc) is 3.89. The van der Waals surface area contributed by atoms with Crippen LogP contribution in [0.2, 0.25) is 0 Å². The highest BCUT2D eigenvalue weighted by atomic mass is 16.6. The summed E-state index contributed by atoms with van der Waals surface area (Å²) >= 11 is 0. The maximum Gasteiger partial charge on any atom is 0.334 e. The van der Waals surface area contributed by atoms with Crippen molar-refractivity contribution >= 4 is 23.8 Å². The molecule has 6 unspecified atom stereocenters. The van der Waals surface area contributed by atoms with Crippen molar-refractivity contribution in [2.24, 2.45) is 22.2 Å². The van der Waals surface area contributed by atoms with Crippen LogP contribution in [0.3, 0.4) is 0 Å². The van der Waals surface area contributed by atoms with Gasteiger partial charge in [-0.2, -0.15) is 0 Å². The predicted octanol–water partition coefficient (Wildman–Crippen LogP) is 5.50. The second kappa shape index (κ2) is 17.4. The van der Waals surface area contributed by atoms with Crippen LogP contribution in [-0.4, -0.2) is 97.9 Å². The molecule has 0 radical (unpaired) electrons. The van der Waals surface area contributed by atoms with Crippen molar-refractivity contribution in [1.29, 1.82) is 0 Å². The number of nitrogens with zero attached hydrogens (tertiary/aromatic N) is 1. The number of aliphatic hydroxyl groups is 1. The van der Waals surface area contributed by atoms with Gasteiger partial charge in [0, 0.05) is 37.5 Å². The van der Waals surface area contributed by atoms with E-state index in [1.54, 1.807) is 14.0 Å². The molecule has 53 heavy (non-hydrogen) atoms. The second-order valence-electron chi connectivity index (χ2n) is 15.7. The lowest BCUT2D eigenvalue weighted by Gasteiger charge is -2.27. The molecule has 5 rings (SSSR count). The Morgan fingerprint density at radius 2 is 1.91 bits per heavy atom. The number of hydrogen-bond donors (Lipinski definition) is 2. The Kier molecular flexibility index (Phi) is 13.2. The van der Waals surface area contributed by atoms with Crippen molar-refractivity contribution in [3.05, 3.63) is 69.6 Å². The SMILES string of the molecule is COCCC/C(C)=C1\COC(CC(C)C)\C1=C/C1N=C2OC1COC(=O)/C(CC(C)C)=C/C(=O)OC1C(OC(=O)C1(C)CO)/C(C)=C/Cc1ccc2[nH]1. The Morgan fingerprint density at radius 1 is 1.13 bits per heavy atom. The number of methoxy groups -OCH3 is 1. The minimum atomic E-state index is -1.49. The summed E-state index contributed by atoms with van der Waals surface area (Å²) in [4.78, 5) is 48.5. The van der Waals surface area contributed by atoms with Gasteiger partial charge in [-0.25, -0.2) is 14.6 Å². The summed E-state index contributed by atoms with van der Waals surface area (Å²) in [7, 11) is 1.71. The van der Waals surface area contributed by atoms with Crippen LogP contribution in [0, 0.1) is 17.3 Å². The van der Waals surface area contributed by atoms with Crippen molar-refractivity contribution < 1.29 is 47.9 Å². The maximum atomic E-state index is 13.7. The van der Waals surface area contributed by atoms with E-state index in [-0.39, 0.29) is 30.6 Å². The largest absolute Gasteiger partial charge is 0.467 e. The third-order valence-electron chi connectivity index (χ3n) is 10.3. The molecule has 1 aromatic heterocycles. The number of H-pyrrole nitrogens is 1. The van der Waals surface area contributed by atoms with Gasteiger partial charge in [0.05, 0.1) is 19.3 Å². The fourth-order valence-electron chi connectivity index (χ4n) is 7.15. The van der Waals surface area contributed by atoms with Crippen LogP contribution in [0.5, 0.6) is 0 Å². The number of hydrogen-bond acceptors (Lipinski definition) is 11. The maximum absolute atomic E-state index is 13.7. The van der Waals surface area contributed by atoms with E-state index in [1.165, 1.54) is 12.5 Å². The zero-order valence-corrected chi connectivity index (χ0v) is 32.4. The fourth-order valence-corrected chi connectivity index (χ4v) is 7.15. The Labute approximate surface area is 312 Å². The monoisotopic (exact) mass is 736 g/mol. The van der Waals surface area contributed by atoms with E-state index in [0.29, 0.717) is 42.7 Å². The van der Waals surface area contributed by atoms with Gasteiger partial charge in [0.15, 0.2) is 18.3 Å². The van der Waals surface area contributed by atoms with Crippen LogP contribution >= 0.6 is 0 Å². The zero-order chi connectivity index (χ0) is 38.4. The number of cyclic esters (lactones) is 1. The van der Waals surface area contributed by atoms with Gasteiger partial charge in [-0.05, 0) is 93.2 Å². The molecule has 0 spiro atoms. The molecule has 1 aromatic rings. The first-order chi connectivity index (χ1) is 25.2. The Balaban J connectivity index is 1.54. The molecule has 5 heterocycles. The summed E-state index contributed by atoms with van der Waals surface area (Å²) in [6, 6.07) is 3.32. The molecule has 0 aliphatic carbocycles. The van der Waals surface area contributed by atoms with Crippen molar-refractivity contribution in [1.82, 2.24) is 4.98 Å². The number of esters is 3. The lowest BCUT2D eigenvalue weighted by atomic mass is 9.83. The van der Waals surface area contributed by atoms with Crippen LogP contribution < -0.4 is 0 Å². The first kappa shape index (κ1) is 40.2. The van der Waals surface area contributed by atoms with Gasteiger partial charge in [0.25, 0.3) is 0 Å². The topological polar surface area (TPSA) is 155 Å². The molecule has 4 aliphatic heterocycles. The summed E-state index contributed by atoms with van der Waals surface area (Å²) in [6.07, 6.45) is 5.63. The number of nitrogens with one attached hydrogen (secondary N) is 1. The number of aliphatic hydroxyl groups excluding tert-OH is 1. The number of rotatable bonds is 10. The lowest BCUT2D eigenvalue weighted by molar-refractivity contribution is -0.153. The second-order valence-corrected chi connectivity index (χ2v) is 15.7. The van der Waals surface area contributed by atoms with Crippen LogP contribution in [0.15, 0.2) is 63.2 Å². The first-order valence-corrected chi connectivity index (χ1v) is 18.7. The molecule has 2 N–H and O–H groups in total. The minimum absolute atomic E-state index is 0.00583. The van der Waals surface area contributed by atoms with Crippen LogP contribution in [-0.2, 0) is 49.2 Å². The van der Waals surface area contributed by atoms with Crippen molar-refractivity contribution in [2.45, 2.75) is 111 Å². The van der Waals surface area contributed by atoms with Gasteiger partial charge in [-0.15, -0.1) is 0 Å². The van der Waals surface area contributed by atoms with Gasteiger partial charge < -0.3 is 38.5 Å². The summed E-state index contributed by atoms with van der Waals surface area (Å²) < 4.78 is 35.5. The van der Waals surface area contributed by atoms with Gasteiger partial charge in [0.1, 0.15) is 23.8 Å². The third kappa shape index (κ3) is 9.39. The average molecular weight is 737 g/mol. The van der Waals surface area contributed by atoms with Crippen LogP contribution in [0.4, 0.5) is 0 Å². The van der Waals surface area contributed by atoms with Crippen molar-refractivity contribution in [3.63, 3.8) is 0 Å². The van der Waals surface area contributed by atoms with Crippen LogP contribution in [0.1, 0.15) is 85.5 Å². The molecule has 290 valence electrons.